The second-order valence-corrected chi connectivity index (χ2v) is 4.18. The minimum absolute atomic E-state index is 0. The molecule has 2 rings (SSSR count). The van der Waals surface area contributed by atoms with Crippen molar-refractivity contribution in [1.82, 2.24) is 0 Å². The van der Waals surface area contributed by atoms with Crippen LogP contribution in [0.3, 0.4) is 0 Å². The average Bonchev–Trinajstić information content (AvgIpc) is 2.46. The van der Waals surface area contributed by atoms with E-state index >= 15 is 0 Å². The molecule has 0 atom stereocenters. The fourth-order valence-electron chi connectivity index (χ4n) is 1.98. The summed E-state index contributed by atoms with van der Waals surface area (Å²) in [4.78, 5) is 0. The Labute approximate surface area is 92.4 Å². The maximum Gasteiger partial charge on any atom is 0.00562 e. The number of hydrogen-bond donors (Lipinski definition) is 0. The molecular formula is C10H15SiTi-. The standard InChI is InChI=1S/C10H15Si.Ti/c11-7-8-5-9-3-1-2-4-10(9)6-8;/h5-6H,1-4,7H2,11H3;/q-1;. The van der Waals surface area contributed by atoms with E-state index in [0.717, 1.165) is 0 Å². The zero-order valence-corrected chi connectivity index (χ0v) is 11.3. The molecule has 0 nitrogen and oxygen atoms in total. The van der Waals surface area contributed by atoms with Crippen LogP contribution in [0, 0.1) is 0 Å². The van der Waals surface area contributed by atoms with Crippen molar-refractivity contribution in [3.05, 3.63) is 28.8 Å². The SMILES string of the molecule is [SiH3]Cc1cc2c([cH-]1)CCCC2.[Ti]. The molecule has 0 heterocycles. The van der Waals surface area contributed by atoms with Crippen molar-refractivity contribution < 1.29 is 21.7 Å². The summed E-state index contributed by atoms with van der Waals surface area (Å²) >= 11 is 0. The molecule has 2 heteroatoms. The average molecular weight is 211 g/mol. The smallest absolute Gasteiger partial charge is 0.00562 e. The molecule has 1 aromatic rings. The van der Waals surface area contributed by atoms with Gasteiger partial charge in [0.1, 0.15) is 0 Å². The zero-order valence-electron chi connectivity index (χ0n) is 7.69. The molecule has 0 radical (unpaired) electrons. The van der Waals surface area contributed by atoms with Gasteiger partial charge in [0.15, 0.2) is 0 Å². The minimum Gasteiger partial charge on any atom is -0.207 e. The number of aryl methyl sites for hydroxylation is 2. The van der Waals surface area contributed by atoms with Gasteiger partial charge in [-0.3, -0.25) is 0 Å². The fraction of sp³-hybridized carbons (Fsp3) is 0.500. The zero-order chi connectivity index (χ0) is 7.68. The summed E-state index contributed by atoms with van der Waals surface area (Å²) in [5.41, 5.74) is 4.91. The van der Waals surface area contributed by atoms with Gasteiger partial charge in [-0.25, -0.2) is 6.07 Å². The predicted molar refractivity (Wildman–Crippen MR) is 52.3 cm³/mol. The van der Waals surface area contributed by atoms with E-state index < -0.39 is 0 Å². The third kappa shape index (κ3) is 1.96. The Hall–Kier alpha value is 0.281. The monoisotopic (exact) mass is 211 g/mol. The first kappa shape index (κ1) is 10.4. The van der Waals surface area contributed by atoms with Crippen LogP contribution in [0.2, 0.25) is 0 Å². The molecule has 1 aliphatic rings. The predicted octanol–water partition coefficient (Wildman–Crippen LogP) is 1.15. The molecule has 0 unspecified atom stereocenters. The van der Waals surface area contributed by atoms with E-state index in [4.69, 9.17) is 0 Å². The molecule has 0 spiro atoms. The van der Waals surface area contributed by atoms with Crippen molar-refractivity contribution in [1.29, 1.82) is 0 Å². The topological polar surface area (TPSA) is 0 Å². The second-order valence-electron chi connectivity index (χ2n) is 3.47. The molecule has 1 aromatic carbocycles. The van der Waals surface area contributed by atoms with Gasteiger partial charge >= 0.3 is 0 Å². The van der Waals surface area contributed by atoms with Gasteiger partial charge in [-0.15, -0.1) is 0 Å². The molecule has 1 aliphatic carbocycles. The largest absolute Gasteiger partial charge is 0.207 e. The molecule has 0 N–H and O–H groups in total. The van der Waals surface area contributed by atoms with E-state index in [1.165, 1.54) is 42.0 Å². The Morgan fingerprint density at radius 3 is 2.75 bits per heavy atom. The molecule has 64 valence electrons. The van der Waals surface area contributed by atoms with Crippen LogP contribution in [0.5, 0.6) is 0 Å². The molecule has 0 aromatic heterocycles. The van der Waals surface area contributed by atoms with E-state index in [9.17, 15) is 0 Å². The Morgan fingerprint density at radius 1 is 1.33 bits per heavy atom. The molecule has 0 saturated carbocycles. The molecule has 0 saturated heterocycles. The van der Waals surface area contributed by atoms with Gasteiger partial charge in [-0.1, -0.05) is 31.7 Å². The first-order valence-electron chi connectivity index (χ1n) is 4.67. The van der Waals surface area contributed by atoms with Crippen molar-refractivity contribution in [2.24, 2.45) is 0 Å². The molecule has 0 bridgehead atoms. The van der Waals surface area contributed by atoms with Gasteiger partial charge in [0, 0.05) is 32.0 Å². The third-order valence-electron chi connectivity index (χ3n) is 2.68. The molecule has 0 fully saturated rings. The van der Waals surface area contributed by atoms with Crippen molar-refractivity contribution in [2.75, 3.05) is 0 Å². The van der Waals surface area contributed by atoms with E-state index in [1.54, 1.807) is 16.7 Å². The molecule has 0 amide bonds. The van der Waals surface area contributed by atoms with Gasteiger partial charge in [0.25, 0.3) is 0 Å². The Bertz CT molecular complexity index is 229. The summed E-state index contributed by atoms with van der Waals surface area (Å²) in [5.74, 6) is 0. The van der Waals surface area contributed by atoms with E-state index in [1.807, 2.05) is 0 Å². The molecule has 12 heavy (non-hydrogen) atoms. The van der Waals surface area contributed by atoms with Crippen LogP contribution >= 0.6 is 0 Å². The van der Waals surface area contributed by atoms with E-state index in [-0.39, 0.29) is 21.7 Å². The van der Waals surface area contributed by atoms with Gasteiger partial charge in [-0.05, 0) is 0 Å². The summed E-state index contributed by atoms with van der Waals surface area (Å²) < 4.78 is 0. The van der Waals surface area contributed by atoms with E-state index in [2.05, 4.69) is 12.1 Å². The number of fused-ring (bicyclic) bond motifs is 1. The van der Waals surface area contributed by atoms with Crippen molar-refractivity contribution in [3.8, 4) is 0 Å². The summed E-state index contributed by atoms with van der Waals surface area (Å²) in [5, 5.41) is 0. The fourth-order valence-corrected chi connectivity index (χ4v) is 2.38. The number of rotatable bonds is 1. The van der Waals surface area contributed by atoms with Crippen LogP contribution in [0.15, 0.2) is 12.1 Å². The van der Waals surface area contributed by atoms with Crippen LogP contribution in [-0.2, 0) is 40.6 Å². The van der Waals surface area contributed by atoms with Crippen LogP contribution < -0.4 is 0 Å². The maximum absolute atomic E-state index is 2.43. The minimum atomic E-state index is 0. The summed E-state index contributed by atoms with van der Waals surface area (Å²) in [6.45, 7) is 0. The summed E-state index contributed by atoms with van der Waals surface area (Å²) in [7, 11) is 1.31. The van der Waals surface area contributed by atoms with Gasteiger partial charge in [-0.2, -0.15) is 22.8 Å². The van der Waals surface area contributed by atoms with Crippen molar-refractivity contribution in [3.63, 3.8) is 0 Å². The van der Waals surface area contributed by atoms with Crippen molar-refractivity contribution >= 4 is 10.2 Å². The Kier molecular flexibility index (Phi) is 3.88. The van der Waals surface area contributed by atoms with Crippen LogP contribution in [-0.4, -0.2) is 10.2 Å². The maximum atomic E-state index is 2.43. The van der Waals surface area contributed by atoms with Gasteiger partial charge in [0.2, 0.25) is 0 Å². The first-order chi connectivity index (χ1) is 5.40. The van der Waals surface area contributed by atoms with E-state index in [0.29, 0.717) is 0 Å². The number of hydrogen-bond acceptors (Lipinski definition) is 0. The second kappa shape index (κ2) is 4.50. The van der Waals surface area contributed by atoms with Gasteiger partial charge in [0.05, 0.1) is 0 Å². The summed E-state index contributed by atoms with van der Waals surface area (Å²) in [6.07, 6.45) is 5.52. The summed E-state index contributed by atoms with van der Waals surface area (Å²) in [6, 6.07) is 6.20. The van der Waals surface area contributed by atoms with Crippen molar-refractivity contribution in [2.45, 2.75) is 31.7 Å². The third-order valence-corrected chi connectivity index (χ3v) is 3.50. The van der Waals surface area contributed by atoms with Gasteiger partial charge < -0.3 is 0 Å². The first-order valence-corrected chi connectivity index (χ1v) is 6.09. The molecule has 0 aliphatic heterocycles. The Morgan fingerprint density at radius 2 is 2.08 bits per heavy atom. The normalized spacial score (nSPS) is 15.3. The Balaban J connectivity index is 0.000000720. The molecular weight excluding hydrogens is 196 g/mol. The quantitative estimate of drug-likeness (QED) is 0.483. The van der Waals surface area contributed by atoms with Crippen LogP contribution in [0.4, 0.5) is 0 Å². The van der Waals surface area contributed by atoms with Crippen LogP contribution in [0.25, 0.3) is 0 Å². The van der Waals surface area contributed by atoms with Crippen LogP contribution in [0.1, 0.15) is 29.5 Å².